The summed E-state index contributed by atoms with van der Waals surface area (Å²) in [5, 5.41) is 3.95. The first kappa shape index (κ1) is 16.4. The van der Waals surface area contributed by atoms with Gasteiger partial charge >= 0.3 is 0 Å². The quantitative estimate of drug-likeness (QED) is 0.922. The summed E-state index contributed by atoms with van der Waals surface area (Å²) >= 11 is 0. The highest BCUT2D eigenvalue weighted by molar-refractivity contribution is 5.47. The van der Waals surface area contributed by atoms with Crippen molar-refractivity contribution in [1.82, 2.24) is 10.2 Å². The van der Waals surface area contributed by atoms with Crippen LogP contribution in [0, 0.1) is 6.92 Å². The van der Waals surface area contributed by atoms with Crippen molar-refractivity contribution in [2.24, 2.45) is 0 Å². The standard InChI is InChI=1S/C20H31N3O/c1-15-3-5-19(6-4-15)22-9-7-17(8-10-22)21-18-11-20-14-24-16(2)12-23(20)13-18/h3-6,16-18,20-21H,7-14H2,1-2H3/t16-,18-,20+/m1/s1. The number of benzene rings is 1. The summed E-state index contributed by atoms with van der Waals surface area (Å²) < 4.78 is 5.83. The zero-order valence-corrected chi connectivity index (χ0v) is 15.1. The Hall–Kier alpha value is -1.10. The van der Waals surface area contributed by atoms with Gasteiger partial charge in [-0.25, -0.2) is 0 Å². The van der Waals surface area contributed by atoms with Gasteiger partial charge in [0.15, 0.2) is 0 Å². The molecular weight excluding hydrogens is 298 g/mol. The van der Waals surface area contributed by atoms with Gasteiger partial charge in [-0.3, -0.25) is 4.90 Å². The maximum absolute atomic E-state index is 5.83. The molecule has 1 aromatic rings. The molecule has 0 amide bonds. The second-order valence-corrected chi connectivity index (χ2v) is 7.95. The molecule has 3 atom stereocenters. The van der Waals surface area contributed by atoms with Crippen molar-refractivity contribution in [3.8, 4) is 0 Å². The van der Waals surface area contributed by atoms with Crippen molar-refractivity contribution < 1.29 is 4.74 Å². The van der Waals surface area contributed by atoms with E-state index in [1.165, 1.54) is 50.1 Å². The third-order valence-corrected chi connectivity index (χ3v) is 5.96. The highest BCUT2D eigenvalue weighted by Crippen LogP contribution is 2.25. The van der Waals surface area contributed by atoms with E-state index in [0.717, 1.165) is 13.2 Å². The Morgan fingerprint density at radius 1 is 1.04 bits per heavy atom. The first-order chi connectivity index (χ1) is 11.7. The number of morpholine rings is 1. The Labute approximate surface area is 146 Å². The molecule has 1 aromatic carbocycles. The van der Waals surface area contributed by atoms with Crippen molar-refractivity contribution in [3.05, 3.63) is 29.8 Å². The number of hydrogen-bond acceptors (Lipinski definition) is 4. The summed E-state index contributed by atoms with van der Waals surface area (Å²) in [6.07, 6.45) is 4.16. The molecule has 3 saturated heterocycles. The second kappa shape index (κ2) is 7.03. The molecule has 1 N–H and O–H groups in total. The average molecular weight is 329 g/mol. The summed E-state index contributed by atoms with van der Waals surface area (Å²) in [6.45, 7) is 9.91. The minimum absolute atomic E-state index is 0.401. The molecule has 0 bridgehead atoms. The van der Waals surface area contributed by atoms with Crippen LogP contribution in [-0.2, 0) is 4.74 Å². The molecule has 0 aromatic heterocycles. The number of aryl methyl sites for hydroxylation is 1. The van der Waals surface area contributed by atoms with E-state index < -0.39 is 0 Å². The molecule has 4 nitrogen and oxygen atoms in total. The third-order valence-electron chi connectivity index (χ3n) is 5.96. The summed E-state index contributed by atoms with van der Waals surface area (Å²) in [5.41, 5.74) is 2.72. The molecule has 0 spiro atoms. The number of nitrogens with zero attached hydrogens (tertiary/aromatic N) is 2. The van der Waals surface area contributed by atoms with Crippen LogP contribution in [0.2, 0.25) is 0 Å². The lowest BCUT2D eigenvalue weighted by molar-refractivity contribution is -0.0390. The van der Waals surface area contributed by atoms with Crippen molar-refractivity contribution >= 4 is 5.69 Å². The van der Waals surface area contributed by atoms with Crippen molar-refractivity contribution in [2.45, 2.75) is 57.3 Å². The smallest absolute Gasteiger partial charge is 0.0674 e. The van der Waals surface area contributed by atoms with Crippen LogP contribution in [0.25, 0.3) is 0 Å². The summed E-state index contributed by atoms with van der Waals surface area (Å²) in [5.74, 6) is 0. The molecule has 24 heavy (non-hydrogen) atoms. The van der Waals surface area contributed by atoms with E-state index in [1.54, 1.807) is 0 Å². The predicted octanol–water partition coefficient (Wildman–Crippen LogP) is 2.42. The van der Waals surface area contributed by atoms with Gasteiger partial charge < -0.3 is 15.0 Å². The first-order valence-corrected chi connectivity index (χ1v) is 9.60. The highest BCUT2D eigenvalue weighted by atomic mass is 16.5. The zero-order chi connectivity index (χ0) is 16.5. The molecule has 0 radical (unpaired) electrons. The largest absolute Gasteiger partial charge is 0.376 e. The Morgan fingerprint density at radius 2 is 1.79 bits per heavy atom. The van der Waals surface area contributed by atoms with Crippen LogP contribution < -0.4 is 10.2 Å². The normalized spacial score (nSPS) is 32.1. The minimum Gasteiger partial charge on any atom is -0.376 e. The van der Waals surface area contributed by atoms with Gasteiger partial charge in [-0.2, -0.15) is 0 Å². The Bertz CT molecular complexity index is 538. The van der Waals surface area contributed by atoms with Crippen LogP contribution in [0.3, 0.4) is 0 Å². The van der Waals surface area contributed by atoms with Crippen LogP contribution in [0.4, 0.5) is 5.69 Å². The molecule has 0 aliphatic carbocycles. The Balaban J connectivity index is 1.26. The van der Waals surface area contributed by atoms with Gasteiger partial charge in [0.1, 0.15) is 0 Å². The minimum atomic E-state index is 0.401. The molecule has 0 unspecified atom stereocenters. The Morgan fingerprint density at radius 3 is 2.54 bits per heavy atom. The third kappa shape index (κ3) is 3.61. The van der Waals surface area contributed by atoms with Crippen molar-refractivity contribution in [2.75, 3.05) is 37.7 Å². The molecule has 4 heteroatoms. The maximum Gasteiger partial charge on any atom is 0.0674 e. The van der Waals surface area contributed by atoms with Gasteiger partial charge in [-0.15, -0.1) is 0 Å². The number of ether oxygens (including phenoxy) is 1. The predicted molar refractivity (Wildman–Crippen MR) is 98.7 cm³/mol. The average Bonchev–Trinajstić information content (AvgIpc) is 2.98. The topological polar surface area (TPSA) is 27.7 Å². The highest BCUT2D eigenvalue weighted by Gasteiger charge is 2.37. The number of nitrogens with one attached hydrogen (secondary N) is 1. The molecule has 4 rings (SSSR count). The fraction of sp³-hybridized carbons (Fsp3) is 0.700. The van der Waals surface area contributed by atoms with Gasteiger partial charge in [0.05, 0.1) is 12.7 Å². The van der Waals surface area contributed by atoms with E-state index in [1.807, 2.05) is 0 Å². The molecule has 3 aliphatic heterocycles. The molecule has 0 saturated carbocycles. The van der Waals surface area contributed by atoms with Gasteiger partial charge in [0, 0.05) is 50.0 Å². The van der Waals surface area contributed by atoms with Crippen LogP contribution >= 0.6 is 0 Å². The lowest BCUT2D eigenvalue weighted by Crippen LogP contribution is -2.47. The van der Waals surface area contributed by atoms with E-state index in [9.17, 15) is 0 Å². The second-order valence-electron chi connectivity index (χ2n) is 7.95. The van der Waals surface area contributed by atoms with E-state index in [0.29, 0.717) is 24.2 Å². The van der Waals surface area contributed by atoms with Crippen molar-refractivity contribution in [1.29, 1.82) is 0 Å². The molecule has 3 fully saturated rings. The lowest BCUT2D eigenvalue weighted by Gasteiger charge is -2.35. The van der Waals surface area contributed by atoms with Gasteiger partial charge in [0.25, 0.3) is 0 Å². The fourth-order valence-corrected chi connectivity index (χ4v) is 4.55. The SMILES string of the molecule is Cc1ccc(N2CCC(N[C@@H]3C[C@H]4CO[C@H](C)CN4C3)CC2)cc1. The monoisotopic (exact) mass is 329 g/mol. The number of piperidine rings is 1. The lowest BCUT2D eigenvalue weighted by atomic mass is 10.0. The van der Waals surface area contributed by atoms with Crippen LogP contribution in [0.1, 0.15) is 31.7 Å². The van der Waals surface area contributed by atoms with Gasteiger partial charge in [0.2, 0.25) is 0 Å². The van der Waals surface area contributed by atoms with E-state index in [4.69, 9.17) is 4.74 Å². The van der Waals surface area contributed by atoms with Gasteiger partial charge in [-0.1, -0.05) is 17.7 Å². The molecule has 3 heterocycles. The summed E-state index contributed by atoms with van der Waals surface area (Å²) in [7, 11) is 0. The number of rotatable bonds is 3. The van der Waals surface area contributed by atoms with E-state index >= 15 is 0 Å². The van der Waals surface area contributed by atoms with E-state index in [2.05, 4.69) is 53.2 Å². The zero-order valence-electron chi connectivity index (χ0n) is 15.1. The molecule has 132 valence electrons. The van der Waals surface area contributed by atoms with Crippen LogP contribution in [0.15, 0.2) is 24.3 Å². The number of anilines is 1. The van der Waals surface area contributed by atoms with Crippen LogP contribution in [0.5, 0.6) is 0 Å². The molecular formula is C20H31N3O. The summed E-state index contributed by atoms with van der Waals surface area (Å²) in [6, 6.07) is 10.9. The summed E-state index contributed by atoms with van der Waals surface area (Å²) in [4.78, 5) is 5.17. The van der Waals surface area contributed by atoms with Gasteiger partial charge in [-0.05, 0) is 45.2 Å². The van der Waals surface area contributed by atoms with E-state index in [-0.39, 0.29) is 0 Å². The van der Waals surface area contributed by atoms with Crippen LogP contribution in [-0.4, -0.2) is 61.9 Å². The number of hydrogen-bond donors (Lipinski definition) is 1. The molecule has 3 aliphatic rings. The fourth-order valence-electron chi connectivity index (χ4n) is 4.55. The maximum atomic E-state index is 5.83. The Kier molecular flexibility index (Phi) is 4.79. The number of fused-ring (bicyclic) bond motifs is 1. The first-order valence-electron chi connectivity index (χ1n) is 9.60. The van der Waals surface area contributed by atoms with Crippen molar-refractivity contribution in [3.63, 3.8) is 0 Å².